The molecule has 0 aliphatic heterocycles. The van der Waals surface area contributed by atoms with Gasteiger partial charge in [-0.1, -0.05) is 12.1 Å². The lowest BCUT2D eigenvalue weighted by Gasteiger charge is -2.08. The van der Waals surface area contributed by atoms with Crippen molar-refractivity contribution in [2.24, 2.45) is 7.05 Å². The first-order chi connectivity index (χ1) is 15.7. The van der Waals surface area contributed by atoms with Crippen molar-refractivity contribution >= 4 is 33.1 Å². The number of rotatable bonds is 6. The Balaban J connectivity index is 1.22. The first kappa shape index (κ1) is 20.0. The van der Waals surface area contributed by atoms with Gasteiger partial charge in [-0.3, -0.25) is 4.79 Å². The summed E-state index contributed by atoms with van der Waals surface area (Å²) < 4.78 is 8.81. The molecule has 0 unspecified atom stereocenters. The Morgan fingerprint density at radius 2 is 1.81 bits per heavy atom. The molecule has 1 amide bonds. The number of benzene rings is 3. The maximum atomic E-state index is 12.6. The van der Waals surface area contributed by atoms with Crippen molar-refractivity contribution in [1.82, 2.24) is 14.5 Å². The smallest absolute Gasteiger partial charge is 0.255 e. The highest BCUT2D eigenvalue weighted by atomic mass is 32.1. The van der Waals surface area contributed by atoms with E-state index in [1.165, 1.54) is 0 Å². The molecule has 1 N–H and O–H groups in total. The summed E-state index contributed by atoms with van der Waals surface area (Å²) in [6, 6.07) is 22.9. The topological polar surface area (TPSA) is 69.0 Å². The molecule has 2 heterocycles. The summed E-state index contributed by atoms with van der Waals surface area (Å²) >= 11 is 1.66. The minimum atomic E-state index is -0.173. The predicted octanol–water partition coefficient (Wildman–Crippen LogP) is 5.53. The molecule has 0 atom stereocenters. The van der Waals surface area contributed by atoms with E-state index in [0.29, 0.717) is 17.9 Å². The molecule has 3 aromatic carbocycles. The summed E-state index contributed by atoms with van der Waals surface area (Å²) in [5.41, 5.74) is 3.31. The lowest BCUT2D eigenvalue weighted by molar-refractivity contribution is 0.102. The van der Waals surface area contributed by atoms with Gasteiger partial charge in [0.1, 0.15) is 23.2 Å². The first-order valence-electron chi connectivity index (χ1n) is 10.1. The molecule has 0 fully saturated rings. The van der Waals surface area contributed by atoms with Gasteiger partial charge in [0.25, 0.3) is 5.91 Å². The van der Waals surface area contributed by atoms with Crippen molar-refractivity contribution < 1.29 is 9.53 Å². The highest BCUT2D eigenvalue weighted by Gasteiger charge is 2.09. The third-order valence-electron chi connectivity index (χ3n) is 5.09. The fourth-order valence-electron chi connectivity index (χ4n) is 3.28. The minimum Gasteiger partial charge on any atom is -0.486 e. The van der Waals surface area contributed by atoms with Crippen molar-refractivity contribution in [3.63, 3.8) is 0 Å². The Kier molecular flexibility index (Phi) is 5.39. The molecule has 7 heteroatoms. The van der Waals surface area contributed by atoms with Gasteiger partial charge in [-0.25, -0.2) is 9.97 Å². The highest BCUT2D eigenvalue weighted by molar-refractivity contribution is 7.21. The molecule has 6 nitrogen and oxygen atoms in total. The summed E-state index contributed by atoms with van der Waals surface area (Å²) in [5.74, 6) is 1.35. The van der Waals surface area contributed by atoms with Crippen LogP contribution < -0.4 is 10.1 Å². The monoisotopic (exact) mass is 440 g/mol. The number of ether oxygens (including phenoxy) is 1. The number of nitrogens with one attached hydrogen (secondary N) is 1. The molecule has 0 saturated carbocycles. The van der Waals surface area contributed by atoms with Gasteiger partial charge in [0, 0.05) is 36.3 Å². The zero-order valence-corrected chi connectivity index (χ0v) is 18.2. The van der Waals surface area contributed by atoms with Crippen LogP contribution in [-0.4, -0.2) is 20.4 Å². The van der Waals surface area contributed by atoms with Crippen LogP contribution >= 0.6 is 11.3 Å². The molecule has 0 aliphatic carbocycles. The van der Waals surface area contributed by atoms with Crippen molar-refractivity contribution in [2.75, 3.05) is 5.32 Å². The van der Waals surface area contributed by atoms with Gasteiger partial charge in [0.05, 0.1) is 10.2 Å². The number of aromatic nitrogens is 3. The Bertz CT molecular complexity index is 1340. The molecule has 0 saturated heterocycles. The zero-order chi connectivity index (χ0) is 21.9. The molecule has 0 aliphatic rings. The van der Waals surface area contributed by atoms with Gasteiger partial charge in [-0.2, -0.15) is 0 Å². The lowest BCUT2D eigenvalue weighted by Crippen LogP contribution is -2.11. The third-order valence-corrected chi connectivity index (χ3v) is 6.17. The number of imidazole rings is 1. The second kappa shape index (κ2) is 8.64. The standard InChI is InChI=1S/C25H20N4O2S/c1-29-15-14-26-23(29)16-31-20-12-8-17(9-13-20)24(30)27-19-10-6-18(7-11-19)25-28-21-4-2-3-5-22(21)32-25/h2-15H,16H2,1H3,(H,27,30). The van der Waals surface area contributed by atoms with E-state index < -0.39 is 0 Å². The van der Waals surface area contributed by atoms with Crippen LogP contribution in [0.1, 0.15) is 16.2 Å². The SMILES string of the molecule is Cn1ccnc1COc1ccc(C(=O)Nc2ccc(-c3nc4ccccc4s3)cc2)cc1. The molecule has 0 radical (unpaired) electrons. The van der Waals surface area contributed by atoms with E-state index in [-0.39, 0.29) is 5.91 Å². The van der Waals surface area contributed by atoms with E-state index in [0.717, 1.165) is 32.3 Å². The summed E-state index contributed by atoms with van der Waals surface area (Å²) in [7, 11) is 1.92. The number of aryl methyl sites for hydroxylation is 1. The van der Waals surface area contributed by atoms with Gasteiger partial charge in [-0.15, -0.1) is 11.3 Å². The minimum absolute atomic E-state index is 0.173. The maximum Gasteiger partial charge on any atom is 0.255 e. The summed E-state index contributed by atoms with van der Waals surface area (Å²) in [5, 5.41) is 3.90. The van der Waals surface area contributed by atoms with Gasteiger partial charge < -0.3 is 14.6 Å². The van der Waals surface area contributed by atoms with Gasteiger partial charge in [-0.05, 0) is 60.7 Å². The second-order valence-corrected chi connectivity index (χ2v) is 8.32. The van der Waals surface area contributed by atoms with Crippen molar-refractivity contribution in [1.29, 1.82) is 0 Å². The van der Waals surface area contributed by atoms with Crippen LogP contribution in [0, 0.1) is 0 Å². The highest BCUT2D eigenvalue weighted by Crippen LogP contribution is 2.30. The number of hydrogen-bond acceptors (Lipinski definition) is 5. The average Bonchev–Trinajstić information content (AvgIpc) is 3.44. The summed E-state index contributed by atoms with van der Waals surface area (Å²) in [4.78, 5) is 21.5. The van der Waals surface area contributed by atoms with E-state index in [4.69, 9.17) is 4.74 Å². The van der Waals surface area contributed by atoms with Crippen LogP contribution in [0.15, 0.2) is 85.2 Å². The number of hydrogen-bond donors (Lipinski definition) is 1. The number of carbonyl (C=O) groups excluding carboxylic acids is 1. The lowest BCUT2D eigenvalue weighted by atomic mass is 10.2. The molecular formula is C25H20N4O2S. The van der Waals surface area contributed by atoms with Crippen LogP contribution in [0.2, 0.25) is 0 Å². The molecule has 5 aromatic rings. The number of thiazole rings is 1. The molecular weight excluding hydrogens is 420 g/mol. The van der Waals surface area contributed by atoms with E-state index >= 15 is 0 Å². The maximum absolute atomic E-state index is 12.6. The van der Waals surface area contributed by atoms with Crippen LogP contribution in [-0.2, 0) is 13.7 Å². The predicted molar refractivity (Wildman–Crippen MR) is 127 cm³/mol. The number of anilines is 1. The van der Waals surface area contributed by atoms with E-state index in [9.17, 15) is 4.79 Å². The van der Waals surface area contributed by atoms with Crippen LogP contribution in [0.4, 0.5) is 5.69 Å². The zero-order valence-electron chi connectivity index (χ0n) is 17.4. The molecule has 0 bridgehead atoms. The first-order valence-corrected chi connectivity index (χ1v) is 10.9. The molecule has 0 spiro atoms. The fraction of sp³-hybridized carbons (Fsp3) is 0.0800. The van der Waals surface area contributed by atoms with Crippen LogP contribution in [0.25, 0.3) is 20.8 Å². The van der Waals surface area contributed by atoms with Crippen molar-refractivity contribution in [3.05, 3.63) is 96.6 Å². The number of carbonyl (C=O) groups is 1. The number of para-hydroxylation sites is 1. The molecule has 32 heavy (non-hydrogen) atoms. The Morgan fingerprint density at radius 3 is 2.53 bits per heavy atom. The van der Waals surface area contributed by atoms with E-state index in [1.54, 1.807) is 41.8 Å². The molecule has 5 rings (SSSR count). The normalized spacial score (nSPS) is 10.9. The van der Waals surface area contributed by atoms with E-state index in [2.05, 4.69) is 21.4 Å². The number of fused-ring (bicyclic) bond motifs is 1. The molecule has 2 aromatic heterocycles. The van der Waals surface area contributed by atoms with Gasteiger partial charge in [0.15, 0.2) is 0 Å². The van der Waals surface area contributed by atoms with Crippen molar-refractivity contribution in [3.8, 4) is 16.3 Å². The number of nitrogens with zero attached hydrogens (tertiary/aromatic N) is 3. The van der Waals surface area contributed by atoms with Crippen LogP contribution in [0.5, 0.6) is 5.75 Å². The van der Waals surface area contributed by atoms with Gasteiger partial charge >= 0.3 is 0 Å². The molecule has 158 valence electrons. The average molecular weight is 441 g/mol. The quantitative estimate of drug-likeness (QED) is 0.377. The second-order valence-electron chi connectivity index (χ2n) is 7.29. The van der Waals surface area contributed by atoms with E-state index in [1.807, 2.05) is 60.3 Å². The van der Waals surface area contributed by atoms with Crippen molar-refractivity contribution in [2.45, 2.75) is 6.61 Å². The summed E-state index contributed by atoms with van der Waals surface area (Å²) in [6.45, 7) is 0.371. The Morgan fingerprint density at radius 1 is 1.03 bits per heavy atom. The van der Waals surface area contributed by atoms with Crippen LogP contribution in [0.3, 0.4) is 0 Å². The fourth-order valence-corrected chi connectivity index (χ4v) is 4.25. The largest absolute Gasteiger partial charge is 0.486 e. The third kappa shape index (κ3) is 4.24. The summed E-state index contributed by atoms with van der Waals surface area (Å²) in [6.07, 6.45) is 3.61. The Hall–Kier alpha value is -3.97. The van der Waals surface area contributed by atoms with Gasteiger partial charge in [0.2, 0.25) is 0 Å². The number of amides is 1. The Labute approximate surface area is 189 Å².